The van der Waals surface area contributed by atoms with E-state index in [2.05, 4.69) is 139 Å². The van der Waals surface area contributed by atoms with Gasteiger partial charge >= 0.3 is 0 Å². The standard InChI is InChI=1S/C29H25N2/c1-22-11-9-10-16-28(22)29-30(2)17-18-31(29)27-20-25(23-12-5-3-6-13-23)19-26(21-27)24-14-7-4-8-15-24/h3-21H,1-2H3/q+1. The van der Waals surface area contributed by atoms with E-state index in [1.54, 1.807) is 0 Å². The summed E-state index contributed by atoms with van der Waals surface area (Å²) in [7, 11) is 2.11. The minimum atomic E-state index is 1.15. The van der Waals surface area contributed by atoms with Crippen molar-refractivity contribution in [1.82, 2.24) is 4.57 Å². The Morgan fingerprint density at radius 3 is 1.74 bits per heavy atom. The van der Waals surface area contributed by atoms with Crippen LogP contribution in [0.1, 0.15) is 5.56 Å². The number of benzene rings is 4. The van der Waals surface area contributed by atoms with Crippen LogP contribution in [0.2, 0.25) is 0 Å². The Bertz CT molecular complexity index is 1270. The number of imidazole rings is 1. The first kappa shape index (κ1) is 19.1. The van der Waals surface area contributed by atoms with Crippen molar-refractivity contribution in [2.75, 3.05) is 0 Å². The molecule has 5 aromatic rings. The van der Waals surface area contributed by atoms with Crippen LogP contribution in [0.25, 0.3) is 39.3 Å². The average Bonchev–Trinajstić information content (AvgIpc) is 3.21. The van der Waals surface area contributed by atoms with E-state index in [0.29, 0.717) is 0 Å². The Morgan fingerprint density at radius 1 is 0.613 bits per heavy atom. The number of aromatic nitrogens is 2. The summed E-state index contributed by atoms with van der Waals surface area (Å²) in [4.78, 5) is 0. The van der Waals surface area contributed by atoms with Crippen LogP contribution in [-0.2, 0) is 7.05 Å². The van der Waals surface area contributed by atoms with Crippen LogP contribution in [0.4, 0.5) is 0 Å². The minimum Gasteiger partial charge on any atom is -0.232 e. The molecule has 0 radical (unpaired) electrons. The third-order valence-corrected chi connectivity index (χ3v) is 5.80. The van der Waals surface area contributed by atoms with Gasteiger partial charge in [0.05, 0.1) is 12.6 Å². The van der Waals surface area contributed by atoms with Gasteiger partial charge in [-0.25, -0.2) is 4.57 Å². The fraction of sp³-hybridized carbons (Fsp3) is 0.0690. The summed E-state index contributed by atoms with van der Waals surface area (Å²) in [6, 6.07) is 36.6. The normalized spacial score (nSPS) is 10.9. The fourth-order valence-corrected chi connectivity index (χ4v) is 4.17. The zero-order valence-electron chi connectivity index (χ0n) is 17.9. The molecule has 5 rings (SSSR count). The number of rotatable bonds is 4. The maximum absolute atomic E-state index is 2.29. The van der Waals surface area contributed by atoms with Crippen molar-refractivity contribution in [3.8, 4) is 39.3 Å². The van der Waals surface area contributed by atoms with Crippen molar-refractivity contribution in [2.24, 2.45) is 7.05 Å². The molecule has 0 unspecified atom stereocenters. The molecule has 0 aliphatic rings. The lowest BCUT2D eigenvalue weighted by molar-refractivity contribution is -0.659. The van der Waals surface area contributed by atoms with E-state index in [1.165, 1.54) is 39.2 Å². The third kappa shape index (κ3) is 3.69. The molecule has 0 aliphatic heterocycles. The molecule has 0 fully saturated rings. The van der Waals surface area contributed by atoms with Crippen LogP contribution in [0.5, 0.6) is 0 Å². The Morgan fingerprint density at radius 2 is 1.16 bits per heavy atom. The Labute approximate surface area is 183 Å². The van der Waals surface area contributed by atoms with Crippen molar-refractivity contribution in [2.45, 2.75) is 6.92 Å². The maximum atomic E-state index is 2.29. The highest BCUT2D eigenvalue weighted by Crippen LogP contribution is 2.32. The van der Waals surface area contributed by atoms with Crippen molar-refractivity contribution in [3.63, 3.8) is 0 Å². The topological polar surface area (TPSA) is 8.81 Å². The second kappa shape index (κ2) is 8.08. The molecule has 0 saturated heterocycles. The third-order valence-electron chi connectivity index (χ3n) is 5.80. The van der Waals surface area contributed by atoms with Gasteiger partial charge in [0.1, 0.15) is 18.1 Å². The summed E-state index contributed by atoms with van der Waals surface area (Å²) >= 11 is 0. The molecule has 0 saturated carbocycles. The average molecular weight is 402 g/mol. The zero-order chi connectivity index (χ0) is 21.2. The number of hydrogen-bond donors (Lipinski definition) is 0. The number of nitrogens with zero attached hydrogens (tertiary/aromatic N) is 2. The number of aryl methyl sites for hydroxylation is 2. The molecule has 0 aliphatic carbocycles. The molecule has 0 amide bonds. The highest BCUT2D eigenvalue weighted by Gasteiger charge is 2.21. The zero-order valence-corrected chi connectivity index (χ0v) is 17.9. The van der Waals surface area contributed by atoms with E-state index in [9.17, 15) is 0 Å². The summed E-state index contributed by atoms with van der Waals surface area (Å²) in [6.07, 6.45) is 4.28. The van der Waals surface area contributed by atoms with Crippen LogP contribution >= 0.6 is 0 Å². The quantitative estimate of drug-likeness (QED) is 0.300. The van der Waals surface area contributed by atoms with E-state index in [-0.39, 0.29) is 0 Å². The minimum absolute atomic E-state index is 1.15. The van der Waals surface area contributed by atoms with Gasteiger partial charge in [0, 0.05) is 0 Å². The fourth-order valence-electron chi connectivity index (χ4n) is 4.17. The first-order chi connectivity index (χ1) is 15.2. The second-order valence-corrected chi connectivity index (χ2v) is 7.92. The van der Waals surface area contributed by atoms with Crippen LogP contribution in [-0.4, -0.2) is 4.57 Å². The molecule has 150 valence electrons. The van der Waals surface area contributed by atoms with E-state index >= 15 is 0 Å². The lowest BCUT2D eigenvalue weighted by atomic mass is 9.98. The van der Waals surface area contributed by atoms with Gasteiger partial charge in [-0.2, -0.15) is 4.57 Å². The molecule has 0 spiro atoms. The smallest absolute Gasteiger partial charge is 0.232 e. The highest BCUT2D eigenvalue weighted by molar-refractivity contribution is 5.76. The summed E-state index contributed by atoms with van der Waals surface area (Å²) in [5, 5.41) is 0. The van der Waals surface area contributed by atoms with Gasteiger partial charge in [-0.05, 0) is 59.0 Å². The molecule has 4 aromatic carbocycles. The molecular weight excluding hydrogens is 376 g/mol. The first-order valence-electron chi connectivity index (χ1n) is 10.6. The highest BCUT2D eigenvalue weighted by atomic mass is 15.1. The molecule has 1 heterocycles. The largest absolute Gasteiger partial charge is 0.294 e. The summed E-state index contributed by atoms with van der Waals surface area (Å²) in [5.41, 5.74) is 8.51. The molecule has 0 N–H and O–H groups in total. The molecule has 31 heavy (non-hydrogen) atoms. The first-order valence-corrected chi connectivity index (χ1v) is 10.6. The molecule has 0 atom stereocenters. The van der Waals surface area contributed by atoms with Crippen molar-refractivity contribution >= 4 is 0 Å². The molecule has 2 nitrogen and oxygen atoms in total. The lowest BCUT2D eigenvalue weighted by Gasteiger charge is -2.11. The van der Waals surface area contributed by atoms with E-state index < -0.39 is 0 Å². The molecule has 0 bridgehead atoms. The van der Waals surface area contributed by atoms with Crippen LogP contribution < -0.4 is 4.57 Å². The molecular formula is C29H25N2+. The number of hydrogen-bond acceptors (Lipinski definition) is 0. The van der Waals surface area contributed by atoms with Gasteiger partial charge in [-0.1, -0.05) is 78.9 Å². The predicted octanol–water partition coefficient (Wildman–Crippen LogP) is 6.61. The van der Waals surface area contributed by atoms with E-state index in [0.717, 1.165) is 5.69 Å². The van der Waals surface area contributed by atoms with E-state index in [4.69, 9.17) is 0 Å². The van der Waals surface area contributed by atoms with Gasteiger partial charge in [-0.15, -0.1) is 0 Å². The predicted molar refractivity (Wildman–Crippen MR) is 128 cm³/mol. The van der Waals surface area contributed by atoms with Crippen LogP contribution in [0.3, 0.4) is 0 Å². The van der Waals surface area contributed by atoms with Gasteiger partial charge < -0.3 is 0 Å². The van der Waals surface area contributed by atoms with Crippen LogP contribution in [0, 0.1) is 6.92 Å². The van der Waals surface area contributed by atoms with E-state index in [1.807, 2.05) is 0 Å². The molecule has 2 heteroatoms. The monoisotopic (exact) mass is 401 g/mol. The van der Waals surface area contributed by atoms with Gasteiger partial charge in [0.25, 0.3) is 5.82 Å². The Hall–Kier alpha value is -3.91. The Balaban J connectivity index is 1.75. The van der Waals surface area contributed by atoms with Crippen LogP contribution in [0.15, 0.2) is 116 Å². The molecule has 1 aromatic heterocycles. The van der Waals surface area contributed by atoms with Gasteiger partial charge in [-0.3, -0.25) is 0 Å². The van der Waals surface area contributed by atoms with Crippen molar-refractivity contribution in [1.29, 1.82) is 0 Å². The maximum Gasteiger partial charge on any atom is 0.294 e. The second-order valence-electron chi connectivity index (χ2n) is 7.92. The SMILES string of the molecule is Cc1ccccc1-c1n(-c2cc(-c3ccccc3)cc(-c3ccccc3)c2)cc[n+]1C. The van der Waals surface area contributed by atoms with Crippen molar-refractivity contribution in [3.05, 3.63) is 121 Å². The lowest BCUT2D eigenvalue weighted by Crippen LogP contribution is -2.29. The Kier molecular flexibility index (Phi) is 4.97. The van der Waals surface area contributed by atoms with Crippen molar-refractivity contribution < 1.29 is 4.57 Å². The summed E-state index contributed by atoms with van der Waals surface area (Å²) in [5.74, 6) is 1.17. The van der Waals surface area contributed by atoms with Gasteiger partial charge in [0.15, 0.2) is 0 Å². The van der Waals surface area contributed by atoms with Gasteiger partial charge in [0.2, 0.25) is 0 Å². The summed E-state index contributed by atoms with van der Waals surface area (Å²) < 4.78 is 4.49. The summed E-state index contributed by atoms with van der Waals surface area (Å²) in [6.45, 7) is 2.17.